The fourth-order valence-corrected chi connectivity index (χ4v) is 4.11. The van der Waals surface area contributed by atoms with Crippen LogP contribution in [0.25, 0.3) is 11.1 Å². The predicted octanol–water partition coefficient (Wildman–Crippen LogP) is 3.97. The van der Waals surface area contributed by atoms with Gasteiger partial charge < -0.3 is 20.3 Å². The standard InChI is InChI=1S/C24H19FN2O7/c25-19-9-13(11-21(22(19)28)27(32)33)10-20(23(29)30)26-24(31)34-12-18-16-7-3-1-5-14(16)15-6-2-4-8-17(15)18/h1-9,11,18,20,28H,10,12H2,(H,26,31)(H,29,30). The van der Waals surface area contributed by atoms with Crippen LogP contribution in [0.4, 0.5) is 14.9 Å². The number of halogens is 1. The summed E-state index contributed by atoms with van der Waals surface area (Å²) in [5.74, 6) is -4.08. The minimum atomic E-state index is -1.54. The summed E-state index contributed by atoms with van der Waals surface area (Å²) in [6.07, 6.45) is -1.46. The Labute approximate surface area is 192 Å². The smallest absolute Gasteiger partial charge is 0.407 e. The number of amides is 1. The molecule has 0 saturated carbocycles. The molecule has 3 aromatic carbocycles. The third kappa shape index (κ3) is 4.38. The number of nitro groups is 1. The number of aliphatic carboxylic acids is 1. The number of ether oxygens (including phenoxy) is 1. The molecule has 0 aromatic heterocycles. The molecule has 0 saturated heterocycles. The van der Waals surface area contributed by atoms with Gasteiger partial charge in [-0.05, 0) is 33.9 Å². The number of carbonyl (C=O) groups excluding carboxylic acids is 1. The van der Waals surface area contributed by atoms with E-state index in [2.05, 4.69) is 5.32 Å². The van der Waals surface area contributed by atoms with Crippen molar-refractivity contribution in [2.75, 3.05) is 6.61 Å². The Balaban J connectivity index is 1.46. The van der Waals surface area contributed by atoms with Crippen molar-refractivity contribution in [2.45, 2.75) is 18.4 Å². The summed E-state index contributed by atoms with van der Waals surface area (Å²) < 4.78 is 19.2. The molecule has 0 fully saturated rings. The minimum Gasteiger partial charge on any atom is -0.500 e. The monoisotopic (exact) mass is 466 g/mol. The molecule has 0 spiro atoms. The first-order valence-corrected chi connectivity index (χ1v) is 10.3. The van der Waals surface area contributed by atoms with Crippen molar-refractivity contribution in [3.63, 3.8) is 0 Å². The molecule has 3 N–H and O–H groups in total. The summed E-state index contributed by atoms with van der Waals surface area (Å²) >= 11 is 0. The highest BCUT2D eigenvalue weighted by molar-refractivity contribution is 5.81. The van der Waals surface area contributed by atoms with E-state index in [-0.39, 0.29) is 18.1 Å². The van der Waals surface area contributed by atoms with Crippen molar-refractivity contribution in [1.29, 1.82) is 0 Å². The van der Waals surface area contributed by atoms with Gasteiger partial charge in [-0.1, -0.05) is 48.5 Å². The zero-order chi connectivity index (χ0) is 24.4. The maximum absolute atomic E-state index is 13.8. The molecule has 0 bridgehead atoms. The van der Waals surface area contributed by atoms with Crippen molar-refractivity contribution in [3.8, 4) is 16.9 Å². The van der Waals surface area contributed by atoms with Crippen molar-refractivity contribution in [3.05, 3.63) is 93.3 Å². The highest BCUT2D eigenvalue weighted by Crippen LogP contribution is 2.44. The predicted molar refractivity (Wildman–Crippen MR) is 118 cm³/mol. The number of rotatable bonds is 7. The van der Waals surface area contributed by atoms with E-state index in [0.717, 1.165) is 34.4 Å². The number of nitrogens with zero attached hydrogens (tertiary/aromatic N) is 1. The topological polar surface area (TPSA) is 139 Å². The molecule has 174 valence electrons. The lowest BCUT2D eigenvalue weighted by Gasteiger charge is -2.17. The number of hydrogen-bond acceptors (Lipinski definition) is 6. The number of phenolic OH excluding ortho intramolecular Hbond substituents is 1. The third-order valence-corrected chi connectivity index (χ3v) is 5.67. The highest BCUT2D eigenvalue weighted by Gasteiger charge is 2.30. The lowest BCUT2D eigenvalue weighted by atomic mass is 9.98. The molecule has 3 aromatic rings. The first-order chi connectivity index (χ1) is 16.3. The number of phenols is 1. The van der Waals surface area contributed by atoms with Crippen LogP contribution in [0.15, 0.2) is 60.7 Å². The maximum atomic E-state index is 13.8. The van der Waals surface area contributed by atoms with Gasteiger partial charge in [0.15, 0.2) is 5.82 Å². The first kappa shape index (κ1) is 22.7. The number of carbonyl (C=O) groups is 2. The zero-order valence-corrected chi connectivity index (χ0v) is 17.6. The molecule has 0 radical (unpaired) electrons. The van der Waals surface area contributed by atoms with Crippen LogP contribution in [-0.2, 0) is 16.0 Å². The van der Waals surface area contributed by atoms with E-state index >= 15 is 0 Å². The van der Waals surface area contributed by atoms with Crippen LogP contribution < -0.4 is 5.32 Å². The summed E-state index contributed by atoms with van der Waals surface area (Å²) in [7, 11) is 0. The lowest BCUT2D eigenvalue weighted by Crippen LogP contribution is -2.43. The van der Waals surface area contributed by atoms with Gasteiger partial charge in [0.05, 0.1) is 4.92 Å². The average Bonchev–Trinajstić information content (AvgIpc) is 3.13. The maximum Gasteiger partial charge on any atom is 0.407 e. The van der Waals surface area contributed by atoms with E-state index in [9.17, 15) is 34.3 Å². The molecule has 1 aliphatic rings. The Hall–Kier alpha value is -4.47. The molecular weight excluding hydrogens is 447 g/mol. The normalized spacial score (nSPS) is 13.0. The van der Waals surface area contributed by atoms with Gasteiger partial charge in [-0.15, -0.1) is 0 Å². The average molecular weight is 466 g/mol. The molecule has 1 unspecified atom stereocenters. The van der Waals surface area contributed by atoms with Crippen LogP contribution in [0.5, 0.6) is 5.75 Å². The summed E-state index contributed by atoms with van der Waals surface area (Å²) in [5.41, 5.74) is 3.04. The number of hydrogen-bond donors (Lipinski definition) is 3. The van der Waals surface area contributed by atoms with Gasteiger partial charge in [-0.3, -0.25) is 10.1 Å². The van der Waals surface area contributed by atoms with Crippen LogP contribution in [-0.4, -0.2) is 39.8 Å². The van der Waals surface area contributed by atoms with E-state index in [1.165, 1.54) is 0 Å². The van der Waals surface area contributed by atoms with Crippen LogP contribution >= 0.6 is 0 Å². The van der Waals surface area contributed by atoms with Crippen molar-refractivity contribution in [2.24, 2.45) is 0 Å². The molecule has 9 nitrogen and oxygen atoms in total. The van der Waals surface area contributed by atoms with E-state index in [0.29, 0.717) is 0 Å². The number of nitrogens with one attached hydrogen (secondary N) is 1. The van der Waals surface area contributed by atoms with Gasteiger partial charge in [0, 0.05) is 18.4 Å². The van der Waals surface area contributed by atoms with Crippen LogP contribution in [0.2, 0.25) is 0 Å². The molecule has 10 heteroatoms. The SMILES string of the molecule is O=C(NC(Cc1cc(F)c(O)c([N+](=O)[O-])c1)C(=O)O)OCC1c2ccccc2-c2ccccc21. The Morgan fingerprint density at radius 3 is 2.24 bits per heavy atom. The number of carboxylic acid groups (broad SMARTS) is 1. The van der Waals surface area contributed by atoms with Crippen LogP contribution in [0.1, 0.15) is 22.6 Å². The second kappa shape index (κ2) is 9.18. The molecule has 4 rings (SSSR count). The minimum absolute atomic E-state index is 0.0362. The number of carboxylic acids is 1. The van der Waals surface area contributed by atoms with Gasteiger partial charge in [-0.25, -0.2) is 14.0 Å². The Morgan fingerprint density at radius 2 is 1.68 bits per heavy atom. The van der Waals surface area contributed by atoms with E-state index in [1.54, 1.807) is 0 Å². The molecule has 0 aliphatic heterocycles. The second-order valence-electron chi connectivity index (χ2n) is 7.77. The summed E-state index contributed by atoms with van der Waals surface area (Å²) in [5, 5.41) is 32.1. The molecule has 0 heterocycles. The van der Waals surface area contributed by atoms with Gasteiger partial charge in [-0.2, -0.15) is 0 Å². The second-order valence-corrected chi connectivity index (χ2v) is 7.77. The van der Waals surface area contributed by atoms with E-state index < -0.39 is 46.7 Å². The molecule has 1 atom stereocenters. The summed E-state index contributed by atoms with van der Waals surface area (Å²) in [6.45, 7) is -0.0362. The molecule has 34 heavy (non-hydrogen) atoms. The number of aromatic hydroxyl groups is 1. The Bertz CT molecular complexity index is 1250. The fraction of sp³-hybridized carbons (Fsp3) is 0.167. The van der Waals surface area contributed by atoms with Gasteiger partial charge in [0.25, 0.3) is 0 Å². The van der Waals surface area contributed by atoms with E-state index in [4.69, 9.17) is 4.74 Å². The largest absolute Gasteiger partial charge is 0.500 e. The Morgan fingerprint density at radius 1 is 1.09 bits per heavy atom. The summed E-state index contributed by atoms with van der Waals surface area (Å²) in [4.78, 5) is 34.0. The molecule has 1 aliphatic carbocycles. The number of alkyl carbamates (subject to hydrolysis) is 1. The first-order valence-electron chi connectivity index (χ1n) is 10.3. The number of benzene rings is 3. The van der Waals surface area contributed by atoms with Crippen molar-refractivity contribution >= 4 is 17.7 Å². The number of fused-ring (bicyclic) bond motifs is 3. The van der Waals surface area contributed by atoms with Crippen LogP contribution in [0.3, 0.4) is 0 Å². The molecule has 1 amide bonds. The highest BCUT2D eigenvalue weighted by atomic mass is 19.1. The zero-order valence-electron chi connectivity index (χ0n) is 17.6. The Kier molecular flexibility index (Phi) is 6.13. The third-order valence-electron chi connectivity index (χ3n) is 5.67. The summed E-state index contributed by atoms with van der Waals surface area (Å²) in [6, 6.07) is 15.5. The number of nitro benzene ring substituents is 1. The van der Waals surface area contributed by atoms with Gasteiger partial charge in [0.1, 0.15) is 12.6 Å². The van der Waals surface area contributed by atoms with Crippen LogP contribution in [0, 0.1) is 15.9 Å². The van der Waals surface area contributed by atoms with Crippen molar-refractivity contribution in [1.82, 2.24) is 5.32 Å². The quantitative estimate of drug-likeness (QED) is 0.354. The van der Waals surface area contributed by atoms with Gasteiger partial charge >= 0.3 is 17.7 Å². The fourth-order valence-electron chi connectivity index (χ4n) is 4.11. The van der Waals surface area contributed by atoms with E-state index in [1.807, 2.05) is 48.5 Å². The van der Waals surface area contributed by atoms with Gasteiger partial charge in [0.2, 0.25) is 5.75 Å². The molecular formula is C24H19FN2O7. The lowest BCUT2D eigenvalue weighted by molar-refractivity contribution is -0.386. The van der Waals surface area contributed by atoms with Crippen molar-refractivity contribution < 1.29 is 33.9 Å².